The molecule has 0 aliphatic rings. The Balaban J connectivity index is 1.99. The second-order valence-corrected chi connectivity index (χ2v) is 5.75. The number of hydrogen-bond donors (Lipinski definition) is 1. The van der Waals surface area contributed by atoms with Crippen molar-refractivity contribution in [3.05, 3.63) is 82.9 Å². The van der Waals surface area contributed by atoms with Gasteiger partial charge in [0.1, 0.15) is 0 Å². The van der Waals surface area contributed by atoms with Crippen LogP contribution in [0.15, 0.2) is 60.7 Å². The van der Waals surface area contributed by atoms with Crippen molar-refractivity contribution in [1.82, 2.24) is 0 Å². The lowest BCUT2D eigenvalue weighted by Gasteiger charge is -2.18. The van der Waals surface area contributed by atoms with Gasteiger partial charge in [0.25, 0.3) is 0 Å². The van der Waals surface area contributed by atoms with Crippen molar-refractivity contribution in [2.75, 3.05) is 0 Å². The zero-order valence-corrected chi connectivity index (χ0v) is 12.6. The highest BCUT2D eigenvalue weighted by Gasteiger charge is 2.13. The molecule has 1 nitrogen and oxygen atoms in total. The van der Waals surface area contributed by atoms with E-state index in [1.54, 1.807) is 0 Å². The molecule has 0 saturated heterocycles. The van der Waals surface area contributed by atoms with Crippen molar-refractivity contribution in [3.63, 3.8) is 0 Å². The molecule has 3 aromatic rings. The van der Waals surface area contributed by atoms with Gasteiger partial charge in [-0.2, -0.15) is 0 Å². The van der Waals surface area contributed by atoms with Gasteiger partial charge in [-0.25, -0.2) is 0 Å². The second-order valence-electron chi connectivity index (χ2n) is 5.75. The number of benzene rings is 3. The minimum absolute atomic E-state index is 0.0389. The van der Waals surface area contributed by atoms with Crippen LogP contribution < -0.4 is 5.73 Å². The van der Waals surface area contributed by atoms with Crippen molar-refractivity contribution in [2.45, 2.75) is 26.3 Å². The molecule has 106 valence electrons. The zero-order valence-electron chi connectivity index (χ0n) is 12.6. The zero-order chi connectivity index (χ0) is 14.8. The van der Waals surface area contributed by atoms with Crippen LogP contribution in [0.3, 0.4) is 0 Å². The van der Waals surface area contributed by atoms with Crippen LogP contribution in [0.4, 0.5) is 0 Å². The van der Waals surface area contributed by atoms with Crippen LogP contribution in [-0.2, 0) is 6.42 Å². The molecular formula is C20H21N. The number of nitrogens with two attached hydrogens (primary N) is 1. The van der Waals surface area contributed by atoms with E-state index in [-0.39, 0.29) is 6.04 Å². The Labute approximate surface area is 126 Å². The first kappa shape index (κ1) is 13.8. The molecule has 1 heteroatoms. The van der Waals surface area contributed by atoms with Gasteiger partial charge in [-0.15, -0.1) is 0 Å². The van der Waals surface area contributed by atoms with Crippen LogP contribution in [0.25, 0.3) is 10.8 Å². The summed E-state index contributed by atoms with van der Waals surface area (Å²) in [5.74, 6) is 0. The molecule has 1 atom stereocenters. The monoisotopic (exact) mass is 275 g/mol. The summed E-state index contributed by atoms with van der Waals surface area (Å²) in [4.78, 5) is 0. The Kier molecular flexibility index (Phi) is 3.76. The van der Waals surface area contributed by atoms with E-state index in [1.807, 2.05) is 0 Å². The first-order valence-corrected chi connectivity index (χ1v) is 7.45. The van der Waals surface area contributed by atoms with Crippen molar-refractivity contribution < 1.29 is 0 Å². The molecule has 1 unspecified atom stereocenters. The first-order chi connectivity index (χ1) is 10.2. The minimum Gasteiger partial charge on any atom is -0.324 e. The Hall–Kier alpha value is -2.12. The van der Waals surface area contributed by atoms with E-state index in [4.69, 9.17) is 5.73 Å². The summed E-state index contributed by atoms with van der Waals surface area (Å²) in [6.07, 6.45) is 0.868. The summed E-state index contributed by atoms with van der Waals surface area (Å²) in [6, 6.07) is 21.4. The van der Waals surface area contributed by atoms with Crippen LogP contribution >= 0.6 is 0 Å². The number of hydrogen-bond acceptors (Lipinski definition) is 1. The normalized spacial score (nSPS) is 12.5. The molecule has 0 bridgehead atoms. The SMILES string of the molecule is Cc1cccc(C)c1C(N)Cc1cccc2ccccc12. The molecule has 0 fully saturated rings. The van der Waals surface area contributed by atoms with Crippen LogP contribution in [0.2, 0.25) is 0 Å². The van der Waals surface area contributed by atoms with Crippen molar-refractivity contribution >= 4 is 10.8 Å². The predicted octanol–water partition coefficient (Wildman–Crippen LogP) is 4.70. The highest BCUT2D eigenvalue weighted by atomic mass is 14.6. The molecular weight excluding hydrogens is 254 g/mol. The fraction of sp³-hybridized carbons (Fsp3) is 0.200. The lowest BCUT2D eigenvalue weighted by molar-refractivity contribution is 0.714. The third-order valence-corrected chi connectivity index (χ3v) is 4.23. The van der Waals surface area contributed by atoms with E-state index in [2.05, 4.69) is 74.5 Å². The van der Waals surface area contributed by atoms with Crippen molar-refractivity contribution in [1.29, 1.82) is 0 Å². The van der Waals surface area contributed by atoms with E-state index in [0.717, 1.165) is 6.42 Å². The van der Waals surface area contributed by atoms with Crippen LogP contribution in [0.1, 0.15) is 28.3 Å². The van der Waals surface area contributed by atoms with Gasteiger partial charge in [0, 0.05) is 6.04 Å². The standard InChI is InChI=1S/C20H21N/c1-14-7-5-8-15(2)20(14)19(21)13-17-11-6-10-16-9-3-4-12-18(16)17/h3-12,19H,13,21H2,1-2H3. The fourth-order valence-electron chi connectivity index (χ4n) is 3.22. The van der Waals surface area contributed by atoms with Gasteiger partial charge >= 0.3 is 0 Å². The Morgan fingerprint density at radius 2 is 1.43 bits per heavy atom. The molecule has 0 aromatic heterocycles. The second kappa shape index (κ2) is 5.71. The molecule has 0 saturated carbocycles. The summed E-state index contributed by atoms with van der Waals surface area (Å²) in [6.45, 7) is 4.29. The quantitative estimate of drug-likeness (QED) is 0.736. The maximum absolute atomic E-state index is 6.52. The number of fused-ring (bicyclic) bond motifs is 1. The molecule has 0 aliphatic carbocycles. The number of aryl methyl sites for hydroxylation is 2. The fourth-order valence-corrected chi connectivity index (χ4v) is 3.22. The Bertz CT molecular complexity index is 748. The third-order valence-electron chi connectivity index (χ3n) is 4.23. The van der Waals surface area contributed by atoms with Crippen LogP contribution in [-0.4, -0.2) is 0 Å². The van der Waals surface area contributed by atoms with E-state index in [1.165, 1.54) is 33.0 Å². The highest BCUT2D eigenvalue weighted by Crippen LogP contribution is 2.26. The number of rotatable bonds is 3. The van der Waals surface area contributed by atoms with Gasteiger partial charge in [-0.3, -0.25) is 0 Å². The maximum Gasteiger partial charge on any atom is 0.0341 e. The molecule has 3 aromatic carbocycles. The molecule has 0 spiro atoms. The largest absolute Gasteiger partial charge is 0.324 e. The van der Waals surface area contributed by atoms with E-state index in [0.29, 0.717) is 0 Å². The predicted molar refractivity (Wildman–Crippen MR) is 90.5 cm³/mol. The summed E-state index contributed by atoms with van der Waals surface area (Å²) >= 11 is 0. The lowest BCUT2D eigenvalue weighted by Crippen LogP contribution is -2.16. The van der Waals surface area contributed by atoms with E-state index in [9.17, 15) is 0 Å². The molecule has 2 N–H and O–H groups in total. The minimum atomic E-state index is 0.0389. The van der Waals surface area contributed by atoms with E-state index >= 15 is 0 Å². The average molecular weight is 275 g/mol. The molecule has 21 heavy (non-hydrogen) atoms. The topological polar surface area (TPSA) is 26.0 Å². The van der Waals surface area contributed by atoms with Crippen molar-refractivity contribution in [3.8, 4) is 0 Å². The van der Waals surface area contributed by atoms with Gasteiger partial charge in [0.05, 0.1) is 0 Å². The van der Waals surface area contributed by atoms with Crippen LogP contribution in [0, 0.1) is 13.8 Å². The third kappa shape index (κ3) is 2.70. The molecule has 0 radical (unpaired) electrons. The Morgan fingerprint density at radius 3 is 2.19 bits per heavy atom. The van der Waals surface area contributed by atoms with Gasteiger partial charge in [0.15, 0.2) is 0 Å². The van der Waals surface area contributed by atoms with E-state index < -0.39 is 0 Å². The lowest BCUT2D eigenvalue weighted by atomic mass is 9.91. The summed E-state index contributed by atoms with van der Waals surface area (Å²) < 4.78 is 0. The summed E-state index contributed by atoms with van der Waals surface area (Å²) in [5, 5.41) is 2.59. The average Bonchev–Trinajstić information content (AvgIpc) is 2.47. The smallest absolute Gasteiger partial charge is 0.0341 e. The summed E-state index contributed by atoms with van der Waals surface area (Å²) in [5.41, 5.74) is 11.7. The molecule has 0 aliphatic heterocycles. The highest BCUT2D eigenvalue weighted by molar-refractivity contribution is 5.85. The van der Waals surface area contributed by atoms with Gasteiger partial charge in [-0.1, -0.05) is 60.7 Å². The molecule has 3 rings (SSSR count). The van der Waals surface area contributed by atoms with Gasteiger partial charge < -0.3 is 5.73 Å². The van der Waals surface area contributed by atoms with Gasteiger partial charge in [0.2, 0.25) is 0 Å². The molecule has 0 heterocycles. The van der Waals surface area contributed by atoms with Gasteiger partial charge in [-0.05, 0) is 53.3 Å². The van der Waals surface area contributed by atoms with Crippen molar-refractivity contribution in [2.24, 2.45) is 5.73 Å². The summed E-state index contributed by atoms with van der Waals surface area (Å²) in [7, 11) is 0. The first-order valence-electron chi connectivity index (χ1n) is 7.45. The molecule has 0 amide bonds. The van der Waals surface area contributed by atoms with Crippen LogP contribution in [0.5, 0.6) is 0 Å². The maximum atomic E-state index is 6.52. The Morgan fingerprint density at radius 1 is 0.810 bits per heavy atom.